The molecule has 0 saturated carbocycles. The van der Waals surface area contributed by atoms with Gasteiger partial charge in [-0.25, -0.2) is 9.97 Å². The maximum absolute atomic E-state index is 5.82. The van der Waals surface area contributed by atoms with E-state index in [1.165, 1.54) is 42.1 Å². The van der Waals surface area contributed by atoms with E-state index in [0.29, 0.717) is 11.8 Å². The molecule has 0 atom stereocenters. The molecule has 0 aliphatic rings. The molecule has 0 saturated heterocycles. The van der Waals surface area contributed by atoms with E-state index in [9.17, 15) is 0 Å². The number of rotatable bonds is 4. The summed E-state index contributed by atoms with van der Waals surface area (Å²) in [6, 6.07) is 34.9. The minimum atomic E-state index is 0.668. The second kappa shape index (κ2) is 9.29. The van der Waals surface area contributed by atoms with Gasteiger partial charge in [0.1, 0.15) is 0 Å². The van der Waals surface area contributed by atoms with E-state index in [4.69, 9.17) is 8.83 Å². The maximum atomic E-state index is 5.82. The molecule has 4 nitrogen and oxygen atoms in total. The van der Waals surface area contributed by atoms with E-state index in [-0.39, 0.29) is 0 Å². The van der Waals surface area contributed by atoms with Crippen LogP contribution in [-0.4, -0.2) is 9.97 Å². The van der Waals surface area contributed by atoms with Crippen molar-refractivity contribution in [2.75, 3.05) is 0 Å². The van der Waals surface area contributed by atoms with Gasteiger partial charge < -0.3 is 8.83 Å². The molecule has 0 bridgehead atoms. The molecule has 196 valence electrons. The summed E-state index contributed by atoms with van der Waals surface area (Å²) in [5.41, 5.74) is 6.76. The minimum Gasteiger partial charge on any atom is -0.441 e. The summed E-state index contributed by atoms with van der Waals surface area (Å²) >= 11 is 1.84. The van der Waals surface area contributed by atoms with Crippen LogP contribution in [-0.2, 0) is 0 Å². The highest BCUT2D eigenvalue weighted by Gasteiger charge is 2.15. The topological polar surface area (TPSA) is 52.1 Å². The third kappa shape index (κ3) is 4.05. The molecular weight excluding hydrogens is 524 g/mol. The number of fused-ring (bicyclic) bond motifs is 5. The molecule has 8 rings (SSSR count). The SMILES string of the molecule is Cc1ncc(-c2cccc(-c3ccc4c(c3)sc3cc(-c5cccc(-c6cnc(C)o6)c5)c5ccccc5c34)c2)o1. The first kappa shape index (κ1) is 23.9. The summed E-state index contributed by atoms with van der Waals surface area (Å²) in [5, 5.41) is 5.10. The molecule has 0 amide bonds. The molecule has 0 radical (unpaired) electrons. The molecule has 41 heavy (non-hydrogen) atoms. The van der Waals surface area contributed by atoms with Crippen molar-refractivity contribution in [3.63, 3.8) is 0 Å². The fraction of sp³-hybridized carbons (Fsp3) is 0.0556. The van der Waals surface area contributed by atoms with Crippen LogP contribution in [0.25, 0.3) is 75.8 Å². The van der Waals surface area contributed by atoms with Gasteiger partial charge in [0.05, 0.1) is 12.4 Å². The van der Waals surface area contributed by atoms with Crippen molar-refractivity contribution < 1.29 is 8.83 Å². The molecular formula is C36H24N2O2S. The first-order valence-corrected chi connectivity index (χ1v) is 14.4. The summed E-state index contributed by atoms with van der Waals surface area (Å²) in [6.45, 7) is 3.74. The lowest BCUT2D eigenvalue weighted by atomic mass is 9.93. The average Bonchev–Trinajstić information content (AvgIpc) is 3.74. The maximum Gasteiger partial charge on any atom is 0.191 e. The molecule has 3 aromatic heterocycles. The van der Waals surface area contributed by atoms with Gasteiger partial charge in [0.2, 0.25) is 0 Å². The smallest absolute Gasteiger partial charge is 0.191 e. The summed E-state index contributed by atoms with van der Waals surface area (Å²) in [4.78, 5) is 8.55. The van der Waals surface area contributed by atoms with Crippen LogP contribution in [0.4, 0.5) is 0 Å². The van der Waals surface area contributed by atoms with Crippen LogP contribution in [0.15, 0.2) is 118 Å². The summed E-state index contributed by atoms with van der Waals surface area (Å²) in [6.07, 6.45) is 3.58. The molecule has 0 unspecified atom stereocenters. The Kier molecular flexibility index (Phi) is 5.40. The van der Waals surface area contributed by atoms with Crippen molar-refractivity contribution in [2.45, 2.75) is 13.8 Å². The fourth-order valence-electron chi connectivity index (χ4n) is 5.74. The van der Waals surface area contributed by atoms with Crippen LogP contribution >= 0.6 is 11.3 Å². The molecule has 3 heterocycles. The third-order valence-corrected chi connectivity index (χ3v) is 8.76. The lowest BCUT2D eigenvalue weighted by Gasteiger charge is -2.10. The van der Waals surface area contributed by atoms with E-state index in [1.54, 1.807) is 12.4 Å². The van der Waals surface area contributed by atoms with Gasteiger partial charge in [0.15, 0.2) is 23.3 Å². The number of hydrogen-bond donors (Lipinski definition) is 0. The zero-order valence-electron chi connectivity index (χ0n) is 22.5. The average molecular weight is 549 g/mol. The van der Waals surface area contributed by atoms with Crippen LogP contribution in [0.1, 0.15) is 11.8 Å². The summed E-state index contributed by atoms with van der Waals surface area (Å²) < 4.78 is 14.1. The highest BCUT2D eigenvalue weighted by Crippen LogP contribution is 2.44. The van der Waals surface area contributed by atoms with Gasteiger partial charge in [-0.2, -0.15) is 0 Å². The largest absolute Gasteiger partial charge is 0.441 e. The fourth-order valence-corrected chi connectivity index (χ4v) is 6.94. The van der Waals surface area contributed by atoms with Crippen molar-refractivity contribution in [3.05, 3.63) is 121 Å². The van der Waals surface area contributed by atoms with Crippen LogP contribution in [0.3, 0.4) is 0 Å². The number of thiophene rings is 1. The van der Waals surface area contributed by atoms with Crippen LogP contribution in [0.2, 0.25) is 0 Å². The van der Waals surface area contributed by atoms with E-state index in [1.807, 2.05) is 25.2 Å². The van der Waals surface area contributed by atoms with Crippen molar-refractivity contribution in [3.8, 4) is 44.9 Å². The number of hydrogen-bond acceptors (Lipinski definition) is 5. The van der Waals surface area contributed by atoms with Gasteiger partial charge in [0, 0.05) is 45.1 Å². The minimum absolute atomic E-state index is 0.668. The monoisotopic (exact) mass is 548 g/mol. The third-order valence-electron chi connectivity index (χ3n) is 7.66. The number of oxazole rings is 2. The second-order valence-corrected chi connectivity index (χ2v) is 11.4. The van der Waals surface area contributed by atoms with Gasteiger partial charge in [0.25, 0.3) is 0 Å². The first-order valence-electron chi connectivity index (χ1n) is 13.6. The Bertz CT molecular complexity index is 2250. The van der Waals surface area contributed by atoms with Crippen molar-refractivity contribution in [1.29, 1.82) is 0 Å². The molecule has 0 fully saturated rings. The summed E-state index contributed by atoms with van der Waals surface area (Å²) in [5.74, 6) is 2.91. The standard InChI is InChI=1S/C36H24N2O2S/c1-21-37-19-32(39-21)26-9-5-7-23(15-26)24-13-14-30-34(17-24)41-35-18-31(28-11-3-4-12-29(28)36(30)35)25-8-6-10-27(16-25)33-20-38-22(2)40-33/h3-20H,1-2H3. The zero-order valence-corrected chi connectivity index (χ0v) is 23.3. The summed E-state index contributed by atoms with van der Waals surface area (Å²) in [7, 11) is 0. The van der Waals surface area contributed by atoms with Crippen LogP contribution < -0.4 is 0 Å². The van der Waals surface area contributed by atoms with Gasteiger partial charge in [-0.1, -0.05) is 72.8 Å². The van der Waals surface area contributed by atoms with Gasteiger partial charge >= 0.3 is 0 Å². The Morgan fingerprint density at radius 1 is 0.512 bits per heavy atom. The Labute approximate surface area is 240 Å². The lowest BCUT2D eigenvalue weighted by Crippen LogP contribution is -1.84. The number of benzene rings is 5. The predicted octanol–water partition coefficient (Wildman–Crippen LogP) is 10.5. The Morgan fingerprint density at radius 2 is 1.12 bits per heavy atom. The van der Waals surface area contributed by atoms with E-state index >= 15 is 0 Å². The van der Waals surface area contributed by atoms with Crippen molar-refractivity contribution >= 4 is 42.3 Å². The zero-order chi connectivity index (χ0) is 27.5. The molecule has 5 heteroatoms. The van der Waals surface area contributed by atoms with E-state index in [2.05, 4.69) is 107 Å². The van der Waals surface area contributed by atoms with Gasteiger partial charge in [-0.15, -0.1) is 11.3 Å². The van der Waals surface area contributed by atoms with Gasteiger partial charge in [-0.05, 0) is 57.3 Å². The normalized spacial score (nSPS) is 11.7. The van der Waals surface area contributed by atoms with Crippen molar-refractivity contribution in [2.24, 2.45) is 0 Å². The Hall–Kier alpha value is -5.00. The molecule has 8 aromatic rings. The van der Waals surface area contributed by atoms with Crippen LogP contribution in [0.5, 0.6) is 0 Å². The molecule has 0 aliphatic carbocycles. The Morgan fingerprint density at radius 3 is 1.80 bits per heavy atom. The highest BCUT2D eigenvalue weighted by molar-refractivity contribution is 7.26. The molecule has 5 aromatic carbocycles. The quantitative estimate of drug-likeness (QED) is 0.219. The number of aromatic nitrogens is 2. The van der Waals surface area contributed by atoms with Crippen molar-refractivity contribution in [1.82, 2.24) is 9.97 Å². The first-order chi connectivity index (χ1) is 20.1. The lowest BCUT2D eigenvalue weighted by molar-refractivity contribution is 0.534. The molecule has 0 spiro atoms. The Balaban J connectivity index is 1.28. The van der Waals surface area contributed by atoms with E-state index < -0.39 is 0 Å². The number of nitrogens with zero attached hydrogens (tertiary/aromatic N) is 2. The van der Waals surface area contributed by atoms with E-state index in [0.717, 1.165) is 33.8 Å². The number of aryl methyl sites for hydroxylation is 2. The molecule has 0 N–H and O–H groups in total. The molecule has 0 aliphatic heterocycles. The predicted molar refractivity (Wildman–Crippen MR) is 168 cm³/mol. The highest BCUT2D eigenvalue weighted by atomic mass is 32.1. The van der Waals surface area contributed by atoms with Crippen LogP contribution in [0, 0.1) is 13.8 Å². The van der Waals surface area contributed by atoms with Gasteiger partial charge in [-0.3, -0.25) is 0 Å². The second-order valence-electron chi connectivity index (χ2n) is 10.3.